The van der Waals surface area contributed by atoms with Crippen LogP contribution in [0.4, 0.5) is 0 Å². The quantitative estimate of drug-likeness (QED) is 0.518. The van der Waals surface area contributed by atoms with E-state index < -0.39 is 5.41 Å². The van der Waals surface area contributed by atoms with Crippen LogP contribution in [0.5, 0.6) is 11.5 Å². The zero-order chi connectivity index (χ0) is 24.0. The Morgan fingerprint density at radius 1 is 0.971 bits per heavy atom. The van der Waals surface area contributed by atoms with Crippen molar-refractivity contribution in [1.82, 2.24) is 4.90 Å². The van der Waals surface area contributed by atoms with Gasteiger partial charge in [0.1, 0.15) is 18.1 Å². The number of ether oxygens (including phenoxy) is 1. The number of aromatic hydroxyl groups is 1. The molecule has 0 saturated carbocycles. The first-order valence-electron chi connectivity index (χ1n) is 12.7. The Labute approximate surface area is 206 Å². The summed E-state index contributed by atoms with van der Waals surface area (Å²) in [6.45, 7) is 5.99. The lowest BCUT2D eigenvalue weighted by molar-refractivity contribution is 0.0941. The topological polar surface area (TPSA) is 49.8 Å². The second kappa shape index (κ2) is 8.69. The summed E-state index contributed by atoms with van der Waals surface area (Å²) >= 11 is 0. The Morgan fingerprint density at radius 2 is 1.77 bits per heavy atom. The lowest BCUT2D eigenvalue weighted by Gasteiger charge is -2.28. The third kappa shape index (κ3) is 3.77. The number of likely N-dealkylation sites (tertiary alicyclic amines) is 1. The highest BCUT2D eigenvalue weighted by Crippen LogP contribution is 2.55. The summed E-state index contributed by atoms with van der Waals surface area (Å²) in [7, 11) is 0. The summed E-state index contributed by atoms with van der Waals surface area (Å²) in [5, 5.41) is 10.1. The molecule has 3 aromatic rings. The van der Waals surface area contributed by atoms with Crippen LogP contribution in [0.1, 0.15) is 57.4 Å². The van der Waals surface area contributed by atoms with Gasteiger partial charge in [0.05, 0.1) is 5.41 Å². The average Bonchev–Trinajstić information content (AvgIpc) is 3.34. The highest BCUT2D eigenvalue weighted by molar-refractivity contribution is 6.20. The fourth-order valence-corrected chi connectivity index (χ4v) is 6.08. The number of benzene rings is 3. The van der Waals surface area contributed by atoms with Crippen molar-refractivity contribution in [2.24, 2.45) is 0 Å². The Bertz CT molecular complexity index is 1320. The number of aryl methyl sites for hydroxylation is 1. The maximum Gasteiger partial charge on any atom is 0.178 e. The van der Waals surface area contributed by atoms with Crippen LogP contribution in [0, 0.1) is 6.92 Å². The third-order valence-corrected chi connectivity index (χ3v) is 7.91. The summed E-state index contributed by atoms with van der Waals surface area (Å²) in [6.07, 6.45) is 6.57. The molecule has 6 rings (SSSR count). The summed E-state index contributed by atoms with van der Waals surface area (Å²) in [6, 6.07) is 19.7. The smallest absolute Gasteiger partial charge is 0.178 e. The van der Waals surface area contributed by atoms with E-state index in [1.165, 1.54) is 24.8 Å². The van der Waals surface area contributed by atoms with Crippen LogP contribution in [-0.4, -0.2) is 42.0 Å². The molecule has 3 aliphatic rings. The number of fused-ring (bicyclic) bond motifs is 3. The Morgan fingerprint density at radius 3 is 2.57 bits per heavy atom. The third-order valence-electron chi connectivity index (χ3n) is 7.91. The molecular formula is C31H31NO3. The SMILES string of the molecule is Cc1ccc(C2=Cc3cc(O)ccc3C23Cc2cc(OCCN4CCCCC4)ccc2C3=O)cc1. The second-order valence-corrected chi connectivity index (χ2v) is 10.2. The number of Topliss-reactive ketones (excluding diaryl/α,β-unsaturated/α-hetero) is 1. The molecule has 1 aliphatic heterocycles. The standard InChI is InChI=1S/C31H31NO3/c1-21-5-7-22(8-6-21)29-19-23-17-25(33)9-12-28(23)31(29)20-24-18-26(10-11-27(24)30(31)34)35-16-15-32-13-3-2-4-14-32/h5-12,17-19,33H,2-4,13-16,20H2,1H3. The van der Waals surface area contributed by atoms with Crippen molar-refractivity contribution in [2.45, 2.75) is 38.0 Å². The molecule has 1 saturated heterocycles. The molecule has 178 valence electrons. The monoisotopic (exact) mass is 465 g/mol. The van der Waals surface area contributed by atoms with E-state index in [4.69, 9.17) is 4.74 Å². The zero-order valence-corrected chi connectivity index (χ0v) is 20.2. The number of piperidine rings is 1. The van der Waals surface area contributed by atoms with Gasteiger partial charge < -0.3 is 9.84 Å². The number of hydrogen-bond donors (Lipinski definition) is 1. The molecule has 1 spiro atoms. The van der Waals surface area contributed by atoms with Crippen molar-refractivity contribution in [1.29, 1.82) is 0 Å². The maximum atomic E-state index is 14.1. The summed E-state index contributed by atoms with van der Waals surface area (Å²) < 4.78 is 6.13. The van der Waals surface area contributed by atoms with Gasteiger partial charge in [0, 0.05) is 12.1 Å². The van der Waals surface area contributed by atoms with Crippen molar-refractivity contribution >= 4 is 17.4 Å². The number of allylic oxidation sites excluding steroid dienone is 1. The van der Waals surface area contributed by atoms with Crippen LogP contribution in [0.25, 0.3) is 11.6 Å². The van der Waals surface area contributed by atoms with E-state index in [0.29, 0.717) is 13.0 Å². The number of nitrogens with zero attached hydrogens (tertiary/aromatic N) is 1. The predicted octanol–water partition coefficient (Wildman–Crippen LogP) is 5.80. The molecule has 4 heteroatoms. The number of phenolic OH excluding ortho intramolecular Hbond substituents is 1. The van der Waals surface area contributed by atoms with Crippen LogP contribution in [0.2, 0.25) is 0 Å². The van der Waals surface area contributed by atoms with Crippen molar-refractivity contribution in [3.63, 3.8) is 0 Å². The van der Waals surface area contributed by atoms with Gasteiger partial charge in [-0.25, -0.2) is 0 Å². The van der Waals surface area contributed by atoms with Gasteiger partial charge in [0.2, 0.25) is 0 Å². The molecule has 0 aromatic heterocycles. The normalized spacial score (nSPS) is 21.2. The highest BCUT2D eigenvalue weighted by atomic mass is 16.5. The van der Waals surface area contributed by atoms with E-state index in [0.717, 1.165) is 58.8 Å². The van der Waals surface area contributed by atoms with E-state index in [1.807, 2.05) is 18.2 Å². The first-order valence-corrected chi connectivity index (χ1v) is 12.7. The minimum atomic E-state index is -0.771. The molecule has 1 atom stereocenters. The number of hydrogen-bond acceptors (Lipinski definition) is 4. The Balaban J connectivity index is 1.32. The van der Waals surface area contributed by atoms with E-state index in [-0.39, 0.29) is 11.5 Å². The summed E-state index contributed by atoms with van der Waals surface area (Å²) in [4.78, 5) is 16.6. The van der Waals surface area contributed by atoms with Crippen LogP contribution in [0.3, 0.4) is 0 Å². The van der Waals surface area contributed by atoms with Crippen molar-refractivity contribution in [2.75, 3.05) is 26.2 Å². The number of rotatable bonds is 5. The molecule has 1 unspecified atom stereocenters. The van der Waals surface area contributed by atoms with Crippen LogP contribution in [-0.2, 0) is 11.8 Å². The number of carbonyl (C=O) groups is 1. The van der Waals surface area contributed by atoms with Crippen molar-refractivity contribution < 1.29 is 14.6 Å². The molecule has 0 radical (unpaired) electrons. The second-order valence-electron chi connectivity index (χ2n) is 10.2. The summed E-state index contributed by atoms with van der Waals surface area (Å²) in [5.74, 6) is 1.17. The van der Waals surface area contributed by atoms with Crippen molar-refractivity contribution in [3.05, 3.63) is 94.0 Å². The van der Waals surface area contributed by atoms with Crippen molar-refractivity contribution in [3.8, 4) is 11.5 Å². The lowest BCUT2D eigenvalue weighted by atomic mass is 9.71. The lowest BCUT2D eigenvalue weighted by Crippen LogP contribution is -2.33. The average molecular weight is 466 g/mol. The molecule has 0 amide bonds. The zero-order valence-electron chi connectivity index (χ0n) is 20.2. The van der Waals surface area contributed by atoms with Gasteiger partial charge in [-0.15, -0.1) is 0 Å². The van der Waals surface area contributed by atoms with Gasteiger partial charge in [-0.1, -0.05) is 42.3 Å². The van der Waals surface area contributed by atoms with Crippen LogP contribution in [0.15, 0.2) is 60.7 Å². The molecule has 2 aliphatic carbocycles. The maximum absolute atomic E-state index is 14.1. The molecule has 1 heterocycles. The van der Waals surface area contributed by atoms with E-state index in [9.17, 15) is 9.90 Å². The molecule has 35 heavy (non-hydrogen) atoms. The highest BCUT2D eigenvalue weighted by Gasteiger charge is 2.53. The van der Waals surface area contributed by atoms with Gasteiger partial charge in [0.15, 0.2) is 5.78 Å². The van der Waals surface area contributed by atoms with Crippen LogP contribution < -0.4 is 4.74 Å². The molecular weight excluding hydrogens is 434 g/mol. The first-order chi connectivity index (χ1) is 17.0. The Kier molecular flexibility index (Phi) is 5.49. The molecule has 0 bridgehead atoms. The van der Waals surface area contributed by atoms with E-state index in [2.05, 4.69) is 48.2 Å². The fourth-order valence-electron chi connectivity index (χ4n) is 6.08. The number of carbonyl (C=O) groups excluding carboxylic acids is 1. The minimum absolute atomic E-state index is 0.128. The van der Waals surface area contributed by atoms with Crippen LogP contribution >= 0.6 is 0 Å². The molecule has 4 nitrogen and oxygen atoms in total. The van der Waals surface area contributed by atoms with E-state index in [1.54, 1.807) is 12.1 Å². The van der Waals surface area contributed by atoms with E-state index >= 15 is 0 Å². The van der Waals surface area contributed by atoms with Gasteiger partial charge in [-0.3, -0.25) is 9.69 Å². The fraction of sp³-hybridized carbons (Fsp3) is 0.323. The largest absolute Gasteiger partial charge is 0.508 e. The Hall–Kier alpha value is -3.37. The van der Waals surface area contributed by atoms with Gasteiger partial charge >= 0.3 is 0 Å². The van der Waals surface area contributed by atoms with Gasteiger partial charge in [0.25, 0.3) is 0 Å². The summed E-state index contributed by atoms with van der Waals surface area (Å²) in [5.41, 5.74) is 6.16. The minimum Gasteiger partial charge on any atom is -0.508 e. The predicted molar refractivity (Wildman–Crippen MR) is 139 cm³/mol. The molecule has 1 N–H and O–H groups in total. The first kappa shape index (κ1) is 22.1. The molecule has 3 aromatic carbocycles. The van der Waals surface area contributed by atoms with Gasteiger partial charge in [-0.2, -0.15) is 0 Å². The number of phenols is 1. The molecule has 1 fully saturated rings. The number of ketones is 1. The van der Waals surface area contributed by atoms with Gasteiger partial charge in [-0.05, 0) is 104 Å².